The number of halogens is 1. The van der Waals surface area contributed by atoms with Gasteiger partial charge in [0.15, 0.2) is 11.0 Å². The molecule has 0 aliphatic heterocycles. The van der Waals surface area contributed by atoms with E-state index >= 15 is 0 Å². The van der Waals surface area contributed by atoms with Crippen molar-refractivity contribution >= 4 is 23.6 Å². The Labute approximate surface area is 142 Å². The molecule has 1 aromatic carbocycles. The number of nitrogens with zero attached hydrogens (tertiary/aromatic N) is 3. The van der Waals surface area contributed by atoms with Crippen molar-refractivity contribution < 1.29 is 18.7 Å². The molecule has 1 N–H and O–H groups in total. The lowest BCUT2D eigenvalue weighted by atomic mass is 10.2. The first-order valence-electron chi connectivity index (χ1n) is 7.21. The number of ether oxygens (including phenoxy) is 1. The van der Waals surface area contributed by atoms with Crippen LogP contribution in [-0.2, 0) is 23.1 Å². The number of aromatic nitrogens is 3. The highest BCUT2D eigenvalue weighted by Gasteiger charge is 2.13. The summed E-state index contributed by atoms with van der Waals surface area (Å²) in [6.07, 6.45) is 0. The monoisotopic (exact) mass is 352 g/mol. The molecule has 1 aromatic heterocycles. The van der Waals surface area contributed by atoms with Crippen molar-refractivity contribution in [2.45, 2.75) is 18.6 Å². The minimum absolute atomic E-state index is 0.134. The number of rotatable bonds is 7. The Bertz CT molecular complexity index is 735. The second-order valence-corrected chi connectivity index (χ2v) is 5.69. The molecule has 1 heterocycles. The molecule has 1 amide bonds. The van der Waals surface area contributed by atoms with Crippen LogP contribution < -0.4 is 5.32 Å². The molecule has 0 atom stereocenters. The van der Waals surface area contributed by atoms with Crippen molar-refractivity contribution in [2.75, 3.05) is 12.4 Å². The highest BCUT2D eigenvalue weighted by molar-refractivity contribution is 7.99. The zero-order valence-electron chi connectivity index (χ0n) is 13.3. The third-order valence-electron chi connectivity index (χ3n) is 3.04. The first kappa shape index (κ1) is 17.9. The highest BCUT2D eigenvalue weighted by atomic mass is 32.2. The standard InChI is InChI=1S/C15H17FN4O3S/c1-3-23-13(21)9-24-15-19-18-12(20(15)2)8-17-14(22)10-5-4-6-11(16)7-10/h4-7H,3,8-9H2,1-2H3,(H,17,22). The van der Waals surface area contributed by atoms with Crippen LogP contribution in [-0.4, -0.2) is 39.0 Å². The van der Waals surface area contributed by atoms with Gasteiger partial charge in [0, 0.05) is 12.6 Å². The number of esters is 1. The molecular formula is C15H17FN4O3S. The number of hydrogen-bond acceptors (Lipinski definition) is 6. The minimum atomic E-state index is -0.473. The summed E-state index contributed by atoms with van der Waals surface area (Å²) < 4.78 is 19.6. The Morgan fingerprint density at radius 1 is 1.38 bits per heavy atom. The van der Waals surface area contributed by atoms with Gasteiger partial charge in [-0.2, -0.15) is 0 Å². The van der Waals surface area contributed by atoms with Crippen LogP contribution in [0.1, 0.15) is 23.1 Å². The van der Waals surface area contributed by atoms with Gasteiger partial charge in [-0.05, 0) is 25.1 Å². The zero-order valence-corrected chi connectivity index (χ0v) is 14.1. The summed E-state index contributed by atoms with van der Waals surface area (Å²) in [4.78, 5) is 23.3. The minimum Gasteiger partial charge on any atom is -0.465 e. The molecule has 128 valence electrons. The molecule has 0 radical (unpaired) electrons. The Balaban J connectivity index is 1.91. The van der Waals surface area contributed by atoms with Crippen molar-refractivity contribution in [1.29, 1.82) is 0 Å². The van der Waals surface area contributed by atoms with Crippen molar-refractivity contribution in [2.24, 2.45) is 7.05 Å². The summed E-state index contributed by atoms with van der Waals surface area (Å²) in [6.45, 7) is 2.21. The maximum Gasteiger partial charge on any atom is 0.316 e. The van der Waals surface area contributed by atoms with Gasteiger partial charge in [-0.3, -0.25) is 9.59 Å². The number of amides is 1. The third kappa shape index (κ3) is 4.79. The summed E-state index contributed by atoms with van der Waals surface area (Å²) >= 11 is 1.20. The van der Waals surface area contributed by atoms with Crippen LogP contribution in [0.5, 0.6) is 0 Å². The summed E-state index contributed by atoms with van der Waals surface area (Å²) in [5.41, 5.74) is 0.231. The van der Waals surface area contributed by atoms with Crippen molar-refractivity contribution in [3.05, 3.63) is 41.5 Å². The number of carbonyl (C=O) groups excluding carboxylic acids is 2. The van der Waals surface area contributed by atoms with E-state index in [0.717, 1.165) is 6.07 Å². The van der Waals surface area contributed by atoms with Gasteiger partial charge in [0.05, 0.1) is 18.9 Å². The Morgan fingerprint density at radius 2 is 2.17 bits per heavy atom. The van der Waals surface area contributed by atoms with Gasteiger partial charge in [-0.1, -0.05) is 17.8 Å². The number of thioether (sulfide) groups is 1. The fraction of sp³-hybridized carbons (Fsp3) is 0.333. The Kier molecular flexibility index (Phi) is 6.30. The topological polar surface area (TPSA) is 86.1 Å². The van der Waals surface area contributed by atoms with Crippen LogP contribution in [0, 0.1) is 5.82 Å². The molecule has 2 rings (SSSR count). The fourth-order valence-electron chi connectivity index (χ4n) is 1.84. The molecule has 0 aliphatic rings. The Hall–Kier alpha value is -2.42. The van der Waals surface area contributed by atoms with E-state index in [-0.39, 0.29) is 23.8 Å². The lowest BCUT2D eigenvalue weighted by Gasteiger charge is -2.06. The largest absolute Gasteiger partial charge is 0.465 e. The van der Waals surface area contributed by atoms with Crippen molar-refractivity contribution in [3.8, 4) is 0 Å². The number of hydrogen-bond donors (Lipinski definition) is 1. The Morgan fingerprint density at radius 3 is 2.88 bits per heavy atom. The number of nitrogens with one attached hydrogen (secondary N) is 1. The molecule has 9 heteroatoms. The molecular weight excluding hydrogens is 335 g/mol. The van der Waals surface area contributed by atoms with Crippen molar-refractivity contribution in [3.63, 3.8) is 0 Å². The molecule has 0 fully saturated rings. The summed E-state index contributed by atoms with van der Waals surface area (Å²) in [5, 5.41) is 11.1. The first-order chi connectivity index (χ1) is 11.5. The maximum absolute atomic E-state index is 13.1. The molecule has 0 saturated heterocycles. The zero-order chi connectivity index (χ0) is 17.5. The van der Waals surface area contributed by atoms with E-state index < -0.39 is 11.7 Å². The van der Waals surface area contributed by atoms with Crippen LogP contribution >= 0.6 is 11.8 Å². The number of benzene rings is 1. The average Bonchev–Trinajstić information content (AvgIpc) is 2.91. The lowest BCUT2D eigenvalue weighted by molar-refractivity contribution is -0.139. The summed E-state index contributed by atoms with van der Waals surface area (Å²) in [5.74, 6) is -0.551. The molecule has 0 bridgehead atoms. The molecule has 24 heavy (non-hydrogen) atoms. The first-order valence-corrected chi connectivity index (χ1v) is 8.20. The summed E-state index contributed by atoms with van der Waals surface area (Å²) in [6, 6.07) is 5.42. The molecule has 0 aliphatic carbocycles. The van der Waals surface area contributed by atoms with Gasteiger partial charge in [-0.15, -0.1) is 10.2 Å². The van der Waals surface area contributed by atoms with Gasteiger partial charge in [0.1, 0.15) is 5.82 Å². The molecule has 0 unspecified atom stereocenters. The third-order valence-corrected chi connectivity index (χ3v) is 4.04. The van der Waals surface area contributed by atoms with Gasteiger partial charge in [0.25, 0.3) is 5.91 Å². The smallest absolute Gasteiger partial charge is 0.316 e. The highest BCUT2D eigenvalue weighted by Crippen LogP contribution is 2.15. The second kappa shape index (κ2) is 8.44. The molecule has 2 aromatic rings. The lowest BCUT2D eigenvalue weighted by Crippen LogP contribution is -2.24. The fourth-order valence-corrected chi connectivity index (χ4v) is 2.57. The van der Waals surface area contributed by atoms with Crippen LogP contribution in [0.3, 0.4) is 0 Å². The quantitative estimate of drug-likeness (QED) is 0.601. The van der Waals surface area contributed by atoms with Crippen LogP contribution in [0.4, 0.5) is 4.39 Å². The van der Waals surface area contributed by atoms with Crippen LogP contribution in [0.25, 0.3) is 0 Å². The van der Waals surface area contributed by atoms with E-state index in [0.29, 0.717) is 17.6 Å². The van der Waals surface area contributed by atoms with E-state index in [4.69, 9.17) is 4.74 Å². The molecule has 7 nitrogen and oxygen atoms in total. The van der Waals surface area contributed by atoms with Gasteiger partial charge in [0.2, 0.25) is 0 Å². The SMILES string of the molecule is CCOC(=O)CSc1nnc(CNC(=O)c2cccc(F)c2)n1C. The predicted molar refractivity (Wildman–Crippen MR) is 85.9 cm³/mol. The van der Waals surface area contributed by atoms with Crippen LogP contribution in [0.2, 0.25) is 0 Å². The molecule has 0 saturated carbocycles. The van der Waals surface area contributed by atoms with E-state index in [2.05, 4.69) is 15.5 Å². The van der Waals surface area contributed by atoms with E-state index in [9.17, 15) is 14.0 Å². The van der Waals surface area contributed by atoms with E-state index in [1.54, 1.807) is 18.5 Å². The van der Waals surface area contributed by atoms with Gasteiger partial charge < -0.3 is 14.6 Å². The second-order valence-electron chi connectivity index (χ2n) is 4.74. The average molecular weight is 352 g/mol. The predicted octanol–water partition coefficient (Wildman–Crippen LogP) is 1.54. The van der Waals surface area contributed by atoms with Crippen molar-refractivity contribution in [1.82, 2.24) is 20.1 Å². The van der Waals surface area contributed by atoms with Gasteiger partial charge in [-0.25, -0.2) is 4.39 Å². The normalized spacial score (nSPS) is 10.5. The maximum atomic E-state index is 13.1. The summed E-state index contributed by atoms with van der Waals surface area (Å²) in [7, 11) is 1.73. The molecule has 0 spiro atoms. The van der Waals surface area contributed by atoms with Crippen LogP contribution in [0.15, 0.2) is 29.4 Å². The van der Waals surface area contributed by atoms with E-state index in [1.807, 2.05) is 0 Å². The van der Waals surface area contributed by atoms with E-state index in [1.165, 1.54) is 30.0 Å². The number of carbonyl (C=O) groups is 2. The van der Waals surface area contributed by atoms with Gasteiger partial charge >= 0.3 is 5.97 Å².